The molecule has 0 radical (unpaired) electrons. The van der Waals surface area contributed by atoms with E-state index >= 15 is 0 Å². The number of benzene rings is 3. The summed E-state index contributed by atoms with van der Waals surface area (Å²) in [7, 11) is 0. The van der Waals surface area contributed by atoms with E-state index in [0.717, 1.165) is 11.6 Å². The summed E-state index contributed by atoms with van der Waals surface area (Å²) in [4.78, 5) is 32.5. The van der Waals surface area contributed by atoms with Crippen LogP contribution in [0.4, 0.5) is 10.1 Å². The molecule has 0 saturated heterocycles. The molecule has 6 heteroatoms. The predicted octanol–water partition coefficient (Wildman–Crippen LogP) is 4.29. The van der Waals surface area contributed by atoms with E-state index in [1.54, 1.807) is 24.3 Å². The summed E-state index contributed by atoms with van der Waals surface area (Å²) in [5, 5.41) is 2.76. The molecule has 0 fully saturated rings. The monoisotopic (exact) mass is 373 g/mol. The molecular weight excluding hydrogens is 357 g/mol. The van der Waals surface area contributed by atoms with Crippen LogP contribution in [0.1, 0.15) is 15.9 Å². The minimum atomic E-state index is -0.496. The Morgan fingerprint density at radius 3 is 2.68 bits per heavy atom. The van der Waals surface area contributed by atoms with Gasteiger partial charge >= 0.3 is 0 Å². The van der Waals surface area contributed by atoms with Gasteiger partial charge in [-0.3, -0.25) is 9.59 Å². The number of rotatable bonds is 3. The maximum Gasteiger partial charge on any atom is 0.275 e. The van der Waals surface area contributed by atoms with Crippen LogP contribution >= 0.6 is 0 Å². The first kappa shape index (κ1) is 17.6. The number of fused-ring (bicyclic) bond motifs is 1. The lowest BCUT2D eigenvalue weighted by Crippen LogP contribution is -2.16. The Hall–Kier alpha value is -3.80. The number of nitrogens with zero attached hydrogens (tertiary/aromatic N) is 1. The average Bonchev–Trinajstić information content (AvgIpc) is 2.69. The maximum atomic E-state index is 13.4. The van der Waals surface area contributed by atoms with Crippen LogP contribution < -0.4 is 10.9 Å². The summed E-state index contributed by atoms with van der Waals surface area (Å²) in [6.45, 7) is 1.89. The molecule has 0 saturated carbocycles. The Balaban J connectivity index is 1.80. The Bertz CT molecular complexity index is 1260. The van der Waals surface area contributed by atoms with Crippen molar-refractivity contribution in [1.82, 2.24) is 9.97 Å². The molecule has 5 nitrogen and oxygen atoms in total. The molecule has 4 aromatic rings. The molecule has 3 aromatic carbocycles. The lowest BCUT2D eigenvalue weighted by Gasteiger charge is -2.12. The third kappa shape index (κ3) is 3.40. The molecule has 0 bridgehead atoms. The second-order valence-corrected chi connectivity index (χ2v) is 6.45. The van der Waals surface area contributed by atoms with Crippen molar-refractivity contribution in [2.75, 3.05) is 5.32 Å². The van der Waals surface area contributed by atoms with Crippen LogP contribution in [0.3, 0.4) is 0 Å². The molecule has 1 amide bonds. The molecule has 138 valence electrons. The highest BCUT2D eigenvalue weighted by Gasteiger charge is 2.15. The second-order valence-electron chi connectivity index (χ2n) is 6.45. The average molecular weight is 373 g/mol. The van der Waals surface area contributed by atoms with Crippen LogP contribution in [0.2, 0.25) is 0 Å². The molecule has 4 rings (SSSR count). The SMILES string of the molecule is Cc1ccc(NC(=O)c2cccc(F)c2)c(-c2nc3ccccc3[nH]c2=O)c1. The molecule has 1 aromatic heterocycles. The van der Waals surface area contributed by atoms with Gasteiger partial charge in [-0.2, -0.15) is 0 Å². The fraction of sp³-hybridized carbons (Fsp3) is 0.0455. The molecule has 0 aliphatic heterocycles. The van der Waals surface area contributed by atoms with Gasteiger partial charge in [-0.15, -0.1) is 0 Å². The van der Waals surface area contributed by atoms with Crippen LogP contribution in [-0.4, -0.2) is 15.9 Å². The lowest BCUT2D eigenvalue weighted by atomic mass is 10.1. The second kappa shape index (κ2) is 7.08. The Kier molecular flexibility index (Phi) is 4.45. The van der Waals surface area contributed by atoms with Crippen molar-refractivity contribution in [1.29, 1.82) is 0 Å². The third-order valence-electron chi connectivity index (χ3n) is 4.36. The number of nitrogens with one attached hydrogen (secondary N) is 2. The van der Waals surface area contributed by atoms with Gasteiger partial charge in [-0.1, -0.05) is 29.8 Å². The van der Waals surface area contributed by atoms with Crippen LogP contribution in [-0.2, 0) is 0 Å². The number of H-pyrrole nitrogens is 1. The summed E-state index contributed by atoms with van der Waals surface area (Å²) < 4.78 is 13.4. The van der Waals surface area contributed by atoms with Gasteiger partial charge in [0.05, 0.1) is 16.7 Å². The molecule has 0 aliphatic carbocycles. The number of para-hydroxylation sites is 2. The lowest BCUT2D eigenvalue weighted by molar-refractivity contribution is 0.102. The number of halogens is 1. The Morgan fingerprint density at radius 1 is 1.04 bits per heavy atom. The highest BCUT2D eigenvalue weighted by molar-refractivity contribution is 6.06. The Morgan fingerprint density at radius 2 is 1.86 bits per heavy atom. The molecule has 0 spiro atoms. The zero-order chi connectivity index (χ0) is 19.7. The number of anilines is 1. The number of aromatic nitrogens is 2. The van der Waals surface area contributed by atoms with E-state index in [1.807, 2.05) is 25.1 Å². The topological polar surface area (TPSA) is 74.8 Å². The van der Waals surface area contributed by atoms with Crippen molar-refractivity contribution in [3.63, 3.8) is 0 Å². The fourth-order valence-corrected chi connectivity index (χ4v) is 3.00. The van der Waals surface area contributed by atoms with Gasteiger partial charge in [-0.05, 0) is 49.4 Å². The van der Waals surface area contributed by atoms with Gasteiger partial charge in [0.1, 0.15) is 11.5 Å². The molecule has 0 unspecified atom stereocenters. The summed E-state index contributed by atoms with van der Waals surface area (Å²) in [6, 6.07) is 18.0. The number of hydrogen-bond donors (Lipinski definition) is 2. The summed E-state index contributed by atoms with van der Waals surface area (Å²) in [5.41, 5.74) is 3.14. The van der Waals surface area contributed by atoms with Gasteiger partial charge < -0.3 is 10.3 Å². The quantitative estimate of drug-likeness (QED) is 0.563. The van der Waals surface area contributed by atoms with E-state index in [0.29, 0.717) is 22.3 Å². The van der Waals surface area contributed by atoms with Crippen LogP contribution in [0.5, 0.6) is 0 Å². The molecule has 0 atom stereocenters. The number of hydrogen-bond acceptors (Lipinski definition) is 3. The van der Waals surface area contributed by atoms with E-state index in [2.05, 4.69) is 15.3 Å². The van der Waals surface area contributed by atoms with Crippen molar-refractivity contribution < 1.29 is 9.18 Å². The first-order valence-corrected chi connectivity index (χ1v) is 8.68. The van der Waals surface area contributed by atoms with Gasteiger partial charge in [0.15, 0.2) is 0 Å². The van der Waals surface area contributed by atoms with Crippen molar-refractivity contribution in [2.24, 2.45) is 0 Å². The van der Waals surface area contributed by atoms with Crippen molar-refractivity contribution >= 4 is 22.6 Å². The highest BCUT2D eigenvalue weighted by Crippen LogP contribution is 2.27. The van der Waals surface area contributed by atoms with E-state index in [4.69, 9.17) is 0 Å². The fourth-order valence-electron chi connectivity index (χ4n) is 3.00. The molecular formula is C22H16FN3O2. The Labute approximate surface area is 159 Å². The zero-order valence-corrected chi connectivity index (χ0v) is 15.0. The molecule has 0 aliphatic rings. The van der Waals surface area contributed by atoms with Crippen LogP contribution in [0, 0.1) is 12.7 Å². The van der Waals surface area contributed by atoms with Gasteiger partial charge in [0.2, 0.25) is 0 Å². The first-order chi connectivity index (χ1) is 13.5. The number of aromatic amines is 1. The van der Waals surface area contributed by atoms with E-state index in [-0.39, 0.29) is 16.8 Å². The third-order valence-corrected chi connectivity index (χ3v) is 4.36. The predicted molar refractivity (Wildman–Crippen MR) is 107 cm³/mol. The van der Waals surface area contributed by atoms with Crippen LogP contribution in [0.15, 0.2) is 71.5 Å². The van der Waals surface area contributed by atoms with Crippen molar-refractivity contribution in [3.05, 3.63) is 94.0 Å². The zero-order valence-electron chi connectivity index (χ0n) is 15.0. The number of carbonyl (C=O) groups is 1. The highest BCUT2D eigenvalue weighted by atomic mass is 19.1. The van der Waals surface area contributed by atoms with Crippen molar-refractivity contribution in [3.8, 4) is 11.3 Å². The summed E-state index contributed by atoms with van der Waals surface area (Å²) in [5.74, 6) is -0.966. The maximum absolute atomic E-state index is 13.4. The van der Waals surface area contributed by atoms with Gasteiger partial charge in [0, 0.05) is 11.1 Å². The smallest absolute Gasteiger partial charge is 0.275 e. The normalized spacial score (nSPS) is 10.8. The largest absolute Gasteiger partial charge is 0.321 e. The van der Waals surface area contributed by atoms with E-state index in [9.17, 15) is 14.0 Å². The van der Waals surface area contributed by atoms with Crippen molar-refractivity contribution in [2.45, 2.75) is 6.92 Å². The van der Waals surface area contributed by atoms with Crippen LogP contribution in [0.25, 0.3) is 22.3 Å². The standard InChI is InChI=1S/C22H16FN3O2/c1-13-9-10-17(25-21(27)14-5-4-6-15(23)12-14)16(11-13)20-22(28)26-19-8-3-2-7-18(19)24-20/h2-12H,1H3,(H,25,27)(H,26,28). The first-order valence-electron chi connectivity index (χ1n) is 8.68. The van der Waals surface area contributed by atoms with Gasteiger partial charge in [0.25, 0.3) is 11.5 Å². The summed E-state index contributed by atoms with van der Waals surface area (Å²) in [6.07, 6.45) is 0. The van der Waals surface area contributed by atoms with E-state index < -0.39 is 11.7 Å². The number of amides is 1. The number of carbonyl (C=O) groups excluding carboxylic acids is 1. The van der Waals surface area contributed by atoms with Gasteiger partial charge in [-0.25, -0.2) is 9.37 Å². The minimum Gasteiger partial charge on any atom is -0.321 e. The minimum absolute atomic E-state index is 0.187. The summed E-state index contributed by atoms with van der Waals surface area (Å²) >= 11 is 0. The molecule has 1 heterocycles. The number of aryl methyl sites for hydroxylation is 1. The molecule has 28 heavy (non-hydrogen) atoms. The molecule has 2 N–H and O–H groups in total. The van der Waals surface area contributed by atoms with E-state index in [1.165, 1.54) is 18.2 Å².